The molecule has 2 aromatic carbocycles. The molecular formula is C26H35N3O6S2. The van der Waals surface area contributed by atoms with Crippen LogP contribution in [0.2, 0.25) is 0 Å². The number of ketones is 1. The smallest absolute Gasteiger partial charge is 0.243 e. The number of hydrogen-bond acceptors (Lipinski definition) is 7. The molecule has 2 aliphatic rings. The zero-order valence-electron chi connectivity index (χ0n) is 21.3. The van der Waals surface area contributed by atoms with Gasteiger partial charge < -0.3 is 10.1 Å². The third-order valence-electron chi connectivity index (χ3n) is 6.69. The highest BCUT2D eigenvalue weighted by Gasteiger charge is 2.32. The van der Waals surface area contributed by atoms with Crippen LogP contribution in [0.5, 0.6) is 0 Å². The van der Waals surface area contributed by atoms with Gasteiger partial charge in [0, 0.05) is 37.4 Å². The molecule has 2 aliphatic heterocycles. The van der Waals surface area contributed by atoms with Gasteiger partial charge in [0.05, 0.1) is 28.5 Å². The van der Waals surface area contributed by atoms with E-state index in [1.54, 1.807) is 24.3 Å². The molecule has 0 aliphatic carbocycles. The van der Waals surface area contributed by atoms with Gasteiger partial charge in [-0.1, -0.05) is 25.0 Å². The third kappa shape index (κ3) is 6.58. The first kappa shape index (κ1) is 27.7. The quantitative estimate of drug-likeness (QED) is 0.503. The van der Waals surface area contributed by atoms with Gasteiger partial charge in [-0.25, -0.2) is 16.8 Å². The molecule has 4 rings (SSSR count). The van der Waals surface area contributed by atoms with Gasteiger partial charge in [-0.15, -0.1) is 0 Å². The highest BCUT2D eigenvalue weighted by molar-refractivity contribution is 7.89. The summed E-state index contributed by atoms with van der Waals surface area (Å²) < 4.78 is 60.8. The molecule has 2 unspecified atom stereocenters. The molecule has 0 saturated carbocycles. The topological polar surface area (TPSA) is 113 Å². The maximum atomic E-state index is 13.1. The number of nitrogens with one attached hydrogen (secondary N) is 1. The number of anilines is 1. The number of carbonyl (C=O) groups is 1. The molecule has 0 radical (unpaired) electrons. The van der Waals surface area contributed by atoms with E-state index in [-0.39, 0.29) is 34.3 Å². The summed E-state index contributed by atoms with van der Waals surface area (Å²) in [5.74, 6) is -0.263. The molecule has 2 atom stereocenters. The van der Waals surface area contributed by atoms with Gasteiger partial charge in [-0.05, 0) is 63.1 Å². The molecule has 1 N–H and O–H groups in total. The van der Waals surface area contributed by atoms with Crippen molar-refractivity contribution in [2.24, 2.45) is 0 Å². The summed E-state index contributed by atoms with van der Waals surface area (Å²) in [4.78, 5) is 13.1. The molecular weight excluding hydrogens is 514 g/mol. The zero-order chi connectivity index (χ0) is 26.6. The van der Waals surface area contributed by atoms with Gasteiger partial charge in [-0.3, -0.25) is 4.79 Å². The minimum atomic E-state index is -3.65. The van der Waals surface area contributed by atoms with E-state index in [0.717, 1.165) is 25.7 Å². The molecule has 2 saturated heterocycles. The predicted molar refractivity (Wildman–Crippen MR) is 142 cm³/mol. The summed E-state index contributed by atoms with van der Waals surface area (Å²) in [6, 6.07) is 12.4. The second kappa shape index (κ2) is 11.6. The van der Waals surface area contributed by atoms with Gasteiger partial charge in [-0.2, -0.15) is 8.61 Å². The highest BCUT2D eigenvalue weighted by atomic mass is 32.2. The van der Waals surface area contributed by atoms with E-state index in [1.165, 1.54) is 32.9 Å². The highest BCUT2D eigenvalue weighted by Crippen LogP contribution is 2.24. The lowest BCUT2D eigenvalue weighted by atomic mass is 10.1. The van der Waals surface area contributed by atoms with E-state index in [9.17, 15) is 21.6 Å². The fourth-order valence-corrected chi connectivity index (χ4v) is 7.92. The van der Waals surface area contributed by atoms with Gasteiger partial charge in [0.1, 0.15) is 0 Å². The van der Waals surface area contributed by atoms with E-state index in [2.05, 4.69) is 5.32 Å². The van der Waals surface area contributed by atoms with Crippen molar-refractivity contribution < 1.29 is 26.4 Å². The van der Waals surface area contributed by atoms with Crippen molar-refractivity contribution in [2.45, 2.75) is 61.5 Å². The van der Waals surface area contributed by atoms with Crippen LogP contribution in [-0.2, 0) is 24.8 Å². The Morgan fingerprint density at radius 3 is 2.05 bits per heavy atom. The number of rotatable bonds is 8. The van der Waals surface area contributed by atoms with E-state index >= 15 is 0 Å². The van der Waals surface area contributed by atoms with Crippen molar-refractivity contribution in [1.82, 2.24) is 8.61 Å². The molecule has 0 spiro atoms. The summed E-state index contributed by atoms with van der Waals surface area (Å²) in [7, 11) is -7.30. The lowest BCUT2D eigenvalue weighted by Gasteiger charge is -2.34. The van der Waals surface area contributed by atoms with Crippen molar-refractivity contribution >= 4 is 31.5 Å². The maximum absolute atomic E-state index is 13.1. The number of sulfonamides is 2. The summed E-state index contributed by atoms with van der Waals surface area (Å²) in [5, 5.41) is 3.01. The van der Waals surface area contributed by atoms with Crippen molar-refractivity contribution in [1.29, 1.82) is 0 Å². The second-order valence-electron chi connectivity index (χ2n) is 9.73. The van der Waals surface area contributed by atoms with Crippen LogP contribution in [0.1, 0.15) is 49.9 Å². The minimum absolute atomic E-state index is 0.0577. The predicted octanol–water partition coefficient (Wildman–Crippen LogP) is 3.34. The number of morpholine rings is 1. The average Bonchev–Trinajstić information content (AvgIpc) is 3.17. The Labute approximate surface area is 219 Å². The summed E-state index contributed by atoms with van der Waals surface area (Å²) in [5.41, 5.74) is 0.891. The van der Waals surface area contributed by atoms with Crippen LogP contribution in [0, 0.1) is 0 Å². The molecule has 202 valence electrons. The zero-order valence-corrected chi connectivity index (χ0v) is 22.9. The van der Waals surface area contributed by atoms with E-state index in [0.29, 0.717) is 37.4 Å². The Morgan fingerprint density at radius 1 is 0.838 bits per heavy atom. The number of benzene rings is 2. The van der Waals surface area contributed by atoms with Gasteiger partial charge >= 0.3 is 0 Å². The Bertz CT molecular complexity index is 1290. The van der Waals surface area contributed by atoms with Crippen LogP contribution in [-0.4, -0.2) is 76.2 Å². The largest absolute Gasteiger partial charge is 0.378 e. The minimum Gasteiger partial charge on any atom is -0.378 e. The van der Waals surface area contributed by atoms with Crippen molar-refractivity contribution in [3.63, 3.8) is 0 Å². The normalized spacial score (nSPS) is 22.3. The molecule has 0 bridgehead atoms. The van der Waals surface area contributed by atoms with Crippen LogP contribution < -0.4 is 5.32 Å². The number of hydrogen-bond donors (Lipinski definition) is 1. The van der Waals surface area contributed by atoms with Gasteiger partial charge in [0.2, 0.25) is 20.0 Å². The van der Waals surface area contributed by atoms with Crippen LogP contribution in [0.15, 0.2) is 58.3 Å². The third-order valence-corrected chi connectivity index (χ3v) is 10.4. The van der Waals surface area contributed by atoms with E-state index < -0.39 is 20.0 Å². The molecule has 11 heteroatoms. The number of Topliss-reactive ketones (excluding diaryl/α,β-unsaturated/α-hetero) is 1. The molecule has 9 nitrogen and oxygen atoms in total. The van der Waals surface area contributed by atoms with Gasteiger partial charge in [0.15, 0.2) is 5.78 Å². The monoisotopic (exact) mass is 549 g/mol. The maximum Gasteiger partial charge on any atom is 0.243 e. The first-order valence-electron chi connectivity index (χ1n) is 12.7. The molecule has 0 aromatic heterocycles. The van der Waals surface area contributed by atoms with E-state index in [4.69, 9.17) is 4.74 Å². The lowest BCUT2D eigenvalue weighted by molar-refractivity contribution is -0.0440. The standard InChI is InChI=1S/C26H35N3O6S2/c1-20-18-29(19-21(2)35-20)36(31,32)24-12-10-23(11-13-24)27-17-26(30)22-8-7-9-25(16-22)37(33,34)28-14-5-3-4-6-15-28/h7-13,16,20-21,27H,3-6,14-15,17-19H2,1-2H3. The molecule has 2 aromatic rings. The summed E-state index contributed by atoms with van der Waals surface area (Å²) >= 11 is 0. The Balaban J connectivity index is 1.40. The SMILES string of the molecule is CC1CN(S(=O)(=O)c2ccc(NCC(=O)c3cccc(S(=O)(=O)N4CCCCCC4)c3)cc2)CC(C)O1. The summed E-state index contributed by atoms with van der Waals surface area (Å²) in [6.07, 6.45) is 3.37. The van der Waals surface area contributed by atoms with E-state index in [1.807, 2.05) is 13.8 Å². The second-order valence-corrected chi connectivity index (χ2v) is 13.6. The van der Waals surface area contributed by atoms with Crippen molar-refractivity contribution in [2.75, 3.05) is 38.0 Å². The number of ether oxygens (including phenoxy) is 1. The molecule has 0 amide bonds. The van der Waals surface area contributed by atoms with Crippen LogP contribution in [0.3, 0.4) is 0 Å². The fourth-order valence-electron chi connectivity index (χ4n) is 4.77. The molecule has 2 fully saturated rings. The molecule has 2 heterocycles. The first-order valence-corrected chi connectivity index (χ1v) is 15.6. The van der Waals surface area contributed by atoms with Gasteiger partial charge in [0.25, 0.3) is 0 Å². The number of nitrogens with zero attached hydrogens (tertiary/aromatic N) is 2. The average molecular weight is 550 g/mol. The molecule has 37 heavy (non-hydrogen) atoms. The number of carbonyl (C=O) groups excluding carboxylic acids is 1. The Kier molecular flexibility index (Phi) is 8.70. The fraction of sp³-hybridized carbons (Fsp3) is 0.500. The van der Waals surface area contributed by atoms with Crippen molar-refractivity contribution in [3.8, 4) is 0 Å². The summed E-state index contributed by atoms with van der Waals surface area (Å²) in [6.45, 7) is 5.23. The Morgan fingerprint density at radius 2 is 1.43 bits per heavy atom. The van der Waals surface area contributed by atoms with Crippen LogP contribution >= 0.6 is 0 Å². The van der Waals surface area contributed by atoms with Crippen molar-refractivity contribution in [3.05, 3.63) is 54.1 Å². The lowest BCUT2D eigenvalue weighted by Crippen LogP contribution is -2.48. The Hall–Kier alpha value is -2.31. The van der Waals surface area contributed by atoms with Crippen LogP contribution in [0.25, 0.3) is 0 Å². The van der Waals surface area contributed by atoms with Crippen LogP contribution in [0.4, 0.5) is 5.69 Å². The first-order chi connectivity index (χ1) is 17.6.